The summed E-state index contributed by atoms with van der Waals surface area (Å²) >= 11 is 0. The molecule has 1 spiro atoms. The Morgan fingerprint density at radius 1 is 1.00 bits per heavy atom. The van der Waals surface area contributed by atoms with Crippen LogP contribution in [-0.2, 0) is 28.5 Å². The number of carbonyl (C=O) groups excluding carboxylic acids is 2. The Balaban J connectivity index is 1.59. The molecule has 7 bridgehead atoms. The molecule has 1 heterocycles. The Bertz CT molecular complexity index is 849. The molecule has 33 heavy (non-hydrogen) atoms. The minimum Gasteiger partial charge on any atom is -0.462 e. The molecule has 9 unspecified atom stereocenters. The lowest BCUT2D eigenvalue weighted by atomic mass is 9.46. The molecule has 6 aliphatic rings. The number of fused-ring (bicyclic) bond motifs is 2. The van der Waals surface area contributed by atoms with Crippen LogP contribution in [-0.4, -0.2) is 74.1 Å². The van der Waals surface area contributed by atoms with E-state index in [9.17, 15) is 9.59 Å². The maximum Gasteiger partial charge on any atom is 0.303 e. The van der Waals surface area contributed by atoms with Gasteiger partial charge in [-0.2, -0.15) is 0 Å². The molecule has 1 aliphatic heterocycles. The molecule has 5 saturated carbocycles. The van der Waals surface area contributed by atoms with E-state index in [1.54, 1.807) is 7.11 Å². The fraction of sp³-hybridized carbons (Fsp3) is 0.923. The number of ether oxygens (including phenoxy) is 4. The second-order valence-electron chi connectivity index (χ2n) is 11.7. The number of methoxy groups -OCH3 is 2. The number of piperidine rings is 1. The molecule has 0 aromatic heterocycles. The van der Waals surface area contributed by atoms with E-state index in [0.717, 1.165) is 32.4 Å². The summed E-state index contributed by atoms with van der Waals surface area (Å²) in [6, 6.07) is 0.335. The fourth-order valence-electron chi connectivity index (χ4n) is 10.7. The van der Waals surface area contributed by atoms with E-state index in [2.05, 4.69) is 11.8 Å². The molecule has 184 valence electrons. The average Bonchev–Trinajstić information content (AvgIpc) is 3.18. The van der Waals surface area contributed by atoms with E-state index in [0.29, 0.717) is 30.2 Å². The zero-order valence-corrected chi connectivity index (χ0v) is 20.6. The molecule has 6 rings (SSSR count). The van der Waals surface area contributed by atoms with Gasteiger partial charge in [0.15, 0.2) is 0 Å². The standard InChI is InChI=1S/C26H39NO6/c1-6-27-12-15-7-8-21(31-5)26-17(15)10-19(24(26)27)25(33-14(3)29)11-20(30-4)16-9-18(26)22(25)23(16)32-13(2)28/h15-24H,6-12H2,1-5H3/t15-,16?,17?,18?,19?,20-,21?,22?,23?,24?,25-,26?/m0/s1. The normalized spacial score (nSPS) is 53.6. The smallest absolute Gasteiger partial charge is 0.303 e. The SMILES string of the molecule is CCN1C[C@@H]2CCC(OC)C34C5CC6C(OC(C)=O)C5[C@](OC(C)=O)(C[C@@H]6OC)C(CC23)C14. The first kappa shape index (κ1) is 22.3. The molecular weight excluding hydrogens is 422 g/mol. The zero-order valence-electron chi connectivity index (χ0n) is 20.6. The van der Waals surface area contributed by atoms with Crippen molar-refractivity contribution < 1.29 is 28.5 Å². The summed E-state index contributed by atoms with van der Waals surface area (Å²) in [4.78, 5) is 27.6. The van der Waals surface area contributed by atoms with Crippen LogP contribution in [0.4, 0.5) is 0 Å². The van der Waals surface area contributed by atoms with Crippen molar-refractivity contribution in [1.82, 2.24) is 4.90 Å². The lowest BCUT2D eigenvalue weighted by Gasteiger charge is -2.67. The lowest BCUT2D eigenvalue weighted by Crippen LogP contribution is -2.75. The molecular formula is C26H39NO6. The number of hydrogen-bond acceptors (Lipinski definition) is 7. The van der Waals surface area contributed by atoms with E-state index in [-0.39, 0.29) is 53.4 Å². The third kappa shape index (κ3) is 2.57. The van der Waals surface area contributed by atoms with Crippen molar-refractivity contribution in [2.45, 2.75) is 82.8 Å². The van der Waals surface area contributed by atoms with Crippen molar-refractivity contribution in [2.24, 2.45) is 40.9 Å². The quantitative estimate of drug-likeness (QED) is 0.583. The topological polar surface area (TPSA) is 74.3 Å². The Labute approximate surface area is 196 Å². The average molecular weight is 462 g/mol. The van der Waals surface area contributed by atoms with Gasteiger partial charge in [0.05, 0.1) is 12.2 Å². The maximum atomic E-state index is 12.7. The van der Waals surface area contributed by atoms with Crippen molar-refractivity contribution in [2.75, 3.05) is 27.3 Å². The van der Waals surface area contributed by atoms with Gasteiger partial charge >= 0.3 is 11.9 Å². The molecule has 12 atom stereocenters. The van der Waals surface area contributed by atoms with E-state index in [1.165, 1.54) is 20.3 Å². The first-order valence-electron chi connectivity index (χ1n) is 13.0. The molecule has 7 nitrogen and oxygen atoms in total. The van der Waals surface area contributed by atoms with Crippen molar-refractivity contribution in [1.29, 1.82) is 0 Å². The van der Waals surface area contributed by atoms with Crippen molar-refractivity contribution in [3.63, 3.8) is 0 Å². The highest BCUT2D eigenvalue weighted by molar-refractivity contribution is 5.67. The van der Waals surface area contributed by atoms with E-state index < -0.39 is 5.60 Å². The summed E-state index contributed by atoms with van der Waals surface area (Å²) < 4.78 is 25.0. The van der Waals surface area contributed by atoms with Gasteiger partial charge in [-0.15, -0.1) is 0 Å². The zero-order chi connectivity index (χ0) is 23.3. The molecule has 1 saturated heterocycles. The lowest BCUT2D eigenvalue weighted by molar-refractivity contribution is -0.267. The van der Waals surface area contributed by atoms with Crippen LogP contribution >= 0.6 is 0 Å². The second kappa shape index (κ2) is 7.41. The Kier molecular flexibility index (Phi) is 5.01. The van der Waals surface area contributed by atoms with E-state index in [1.807, 2.05) is 7.11 Å². The van der Waals surface area contributed by atoms with Gasteiger partial charge < -0.3 is 18.9 Å². The van der Waals surface area contributed by atoms with Crippen LogP contribution in [0.5, 0.6) is 0 Å². The van der Waals surface area contributed by atoms with Gasteiger partial charge in [-0.05, 0) is 50.0 Å². The highest BCUT2D eigenvalue weighted by Crippen LogP contribution is 2.78. The first-order chi connectivity index (χ1) is 15.8. The molecule has 6 fully saturated rings. The van der Waals surface area contributed by atoms with Gasteiger partial charge in [0, 0.05) is 70.2 Å². The highest BCUT2D eigenvalue weighted by atomic mass is 16.6. The van der Waals surface area contributed by atoms with Crippen LogP contribution < -0.4 is 0 Å². The summed E-state index contributed by atoms with van der Waals surface area (Å²) in [7, 11) is 3.64. The van der Waals surface area contributed by atoms with Crippen LogP contribution in [0.25, 0.3) is 0 Å². The number of rotatable bonds is 5. The summed E-state index contributed by atoms with van der Waals surface area (Å²) in [6.45, 7) is 7.44. The van der Waals surface area contributed by atoms with Crippen molar-refractivity contribution >= 4 is 11.9 Å². The first-order valence-corrected chi connectivity index (χ1v) is 13.0. The summed E-state index contributed by atoms with van der Waals surface area (Å²) in [6.07, 6.45) is 4.87. The third-order valence-electron chi connectivity index (χ3n) is 11.0. The summed E-state index contributed by atoms with van der Waals surface area (Å²) in [5.41, 5.74) is -0.626. The van der Waals surface area contributed by atoms with E-state index in [4.69, 9.17) is 18.9 Å². The maximum absolute atomic E-state index is 12.7. The van der Waals surface area contributed by atoms with E-state index >= 15 is 0 Å². The second-order valence-corrected chi connectivity index (χ2v) is 11.7. The largest absolute Gasteiger partial charge is 0.462 e. The molecule has 0 radical (unpaired) electrons. The predicted octanol–water partition coefficient (Wildman–Crippen LogP) is 2.66. The van der Waals surface area contributed by atoms with Gasteiger partial charge in [0.2, 0.25) is 0 Å². The van der Waals surface area contributed by atoms with Gasteiger partial charge in [-0.1, -0.05) is 6.92 Å². The van der Waals surface area contributed by atoms with Crippen LogP contribution in [0.3, 0.4) is 0 Å². The molecule has 7 heteroatoms. The van der Waals surface area contributed by atoms with Gasteiger partial charge in [-0.3, -0.25) is 14.5 Å². The van der Waals surface area contributed by atoms with Crippen LogP contribution in [0.15, 0.2) is 0 Å². The number of nitrogens with zero attached hydrogens (tertiary/aromatic N) is 1. The van der Waals surface area contributed by atoms with Crippen LogP contribution in [0, 0.1) is 40.9 Å². The number of carbonyl (C=O) groups is 2. The summed E-state index contributed by atoms with van der Waals surface area (Å²) in [5.74, 6) is 1.41. The minimum atomic E-state index is -0.655. The van der Waals surface area contributed by atoms with Gasteiger partial charge in [0.1, 0.15) is 11.7 Å². The minimum absolute atomic E-state index is 0.0150. The molecule has 0 aromatic carbocycles. The predicted molar refractivity (Wildman–Crippen MR) is 119 cm³/mol. The Morgan fingerprint density at radius 3 is 2.42 bits per heavy atom. The van der Waals surface area contributed by atoms with Crippen molar-refractivity contribution in [3.05, 3.63) is 0 Å². The Morgan fingerprint density at radius 2 is 1.79 bits per heavy atom. The van der Waals surface area contributed by atoms with Crippen molar-refractivity contribution in [3.8, 4) is 0 Å². The summed E-state index contributed by atoms with van der Waals surface area (Å²) in [5, 5.41) is 0. The third-order valence-corrected chi connectivity index (χ3v) is 11.0. The van der Waals surface area contributed by atoms with Crippen LogP contribution in [0.1, 0.15) is 52.9 Å². The molecule has 0 aromatic rings. The molecule has 5 aliphatic carbocycles. The molecule has 0 N–H and O–H groups in total. The number of likely N-dealkylation sites (tertiary alicyclic amines) is 1. The number of hydrogen-bond donors (Lipinski definition) is 0. The fourth-order valence-corrected chi connectivity index (χ4v) is 10.7. The van der Waals surface area contributed by atoms with Crippen LogP contribution in [0.2, 0.25) is 0 Å². The molecule has 0 amide bonds. The van der Waals surface area contributed by atoms with Gasteiger partial charge in [0.25, 0.3) is 0 Å². The van der Waals surface area contributed by atoms with Gasteiger partial charge in [-0.25, -0.2) is 0 Å². The number of esters is 2. The highest BCUT2D eigenvalue weighted by Gasteiger charge is 2.83. The monoisotopic (exact) mass is 461 g/mol. The Hall–Kier alpha value is -1.18.